The van der Waals surface area contributed by atoms with Gasteiger partial charge in [-0.3, -0.25) is 4.79 Å². The number of carbonyl (C=O) groups excluding carboxylic acids is 1. The number of rotatable bonds is 10. The van der Waals surface area contributed by atoms with Gasteiger partial charge in [-0.05, 0) is 44.6 Å². The molecule has 0 aliphatic carbocycles. The first-order valence-corrected chi connectivity index (χ1v) is 7.52. The van der Waals surface area contributed by atoms with Gasteiger partial charge < -0.3 is 11.1 Å². The highest BCUT2D eigenvalue weighted by molar-refractivity contribution is 5.76. The minimum atomic E-state index is 0.196. The third-order valence-electron chi connectivity index (χ3n) is 3.79. The number of nitrogens with one attached hydrogen (secondary N) is 1. The Kier molecular flexibility index (Phi) is 10.0. The van der Waals surface area contributed by atoms with Crippen molar-refractivity contribution in [1.29, 1.82) is 0 Å². The van der Waals surface area contributed by atoms with Crippen LogP contribution in [-0.2, 0) is 4.79 Å². The molecule has 0 saturated heterocycles. The zero-order valence-corrected chi connectivity index (χ0v) is 12.7. The van der Waals surface area contributed by atoms with Crippen LogP contribution in [0.5, 0.6) is 0 Å². The van der Waals surface area contributed by atoms with E-state index in [9.17, 15) is 4.79 Å². The summed E-state index contributed by atoms with van der Waals surface area (Å²) in [6, 6.07) is 0.294. The largest absolute Gasteiger partial charge is 0.354 e. The lowest BCUT2D eigenvalue weighted by molar-refractivity contribution is -0.122. The van der Waals surface area contributed by atoms with Gasteiger partial charge in [0, 0.05) is 12.5 Å². The van der Waals surface area contributed by atoms with Crippen LogP contribution in [0.4, 0.5) is 0 Å². The lowest BCUT2D eigenvalue weighted by Crippen LogP contribution is -2.33. The molecule has 3 N–H and O–H groups in total. The van der Waals surface area contributed by atoms with E-state index >= 15 is 0 Å². The van der Waals surface area contributed by atoms with E-state index in [4.69, 9.17) is 5.73 Å². The molecule has 0 rings (SSSR count). The van der Waals surface area contributed by atoms with Crippen LogP contribution in [0.15, 0.2) is 0 Å². The van der Waals surface area contributed by atoms with Gasteiger partial charge in [-0.15, -0.1) is 0 Å². The Hall–Kier alpha value is -0.570. The molecule has 18 heavy (non-hydrogen) atoms. The zero-order valence-electron chi connectivity index (χ0n) is 12.7. The van der Waals surface area contributed by atoms with Crippen molar-refractivity contribution in [2.24, 2.45) is 17.6 Å². The van der Waals surface area contributed by atoms with Gasteiger partial charge in [0.2, 0.25) is 5.91 Å². The van der Waals surface area contributed by atoms with Crippen molar-refractivity contribution in [3.63, 3.8) is 0 Å². The van der Waals surface area contributed by atoms with Gasteiger partial charge in [-0.1, -0.05) is 33.6 Å². The van der Waals surface area contributed by atoms with Crippen LogP contribution in [-0.4, -0.2) is 18.5 Å². The highest BCUT2D eigenvalue weighted by Crippen LogP contribution is 2.15. The second kappa shape index (κ2) is 10.4. The Morgan fingerprint density at radius 1 is 1.17 bits per heavy atom. The van der Waals surface area contributed by atoms with Gasteiger partial charge in [0.25, 0.3) is 0 Å². The highest BCUT2D eigenvalue weighted by Gasteiger charge is 2.12. The molecule has 3 nitrogen and oxygen atoms in total. The lowest BCUT2D eigenvalue weighted by atomic mass is 9.96. The molecular formula is C15H32N2O. The summed E-state index contributed by atoms with van der Waals surface area (Å²) >= 11 is 0. The maximum Gasteiger partial charge on any atom is 0.220 e. The number of hydrogen-bond donors (Lipinski definition) is 2. The van der Waals surface area contributed by atoms with E-state index in [1.54, 1.807) is 0 Å². The van der Waals surface area contributed by atoms with E-state index in [0.29, 0.717) is 24.3 Å². The third-order valence-corrected chi connectivity index (χ3v) is 3.79. The summed E-state index contributed by atoms with van der Waals surface area (Å²) in [5.41, 5.74) is 5.56. The monoisotopic (exact) mass is 256 g/mol. The number of hydrogen-bond acceptors (Lipinski definition) is 2. The van der Waals surface area contributed by atoms with E-state index in [1.165, 1.54) is 6.42 Å². The van der Waals surface area contributed by atoms with E-state index in [2.05, 4.69) is 33.0 Å². The molecule has 0 aromatic rings. The molecule has 108 valence electrons. The molecule has 0 heterocycles. The fourth-order valence-electron chi connectivity index (χ4n) is 2.30. The normalized spacial score (nSPS) is 16.1. The Labute approximate surface area is 113 Å². The molecule has 0 aliphatic heterocycles. The SMILES string of the molecule is CCC(C)CC(C)NC(=O)CCC(CC)CCN. The smallest absolute Gasteiger partial charge is 0.220 e. The first-order chi connectivity index (χ1) is 8.53. The van der Waals surface area contributed by atoms with Gasteiger partial charge in [0.05, 0.1) is 0 Å². The summed E-state index contributed by atoms with van der Waals surface area (Å²) in [7, 11) is 0. The van der Waals surface area contributed by atoms with Crippen molar-refractivity contribution < 1.29 is 4.79 Å². The summed E-state index contributed by atoms with van der Waals surface area (Å²) in [6.45, 7) is 9.42. The number of nitrogens with two attached hydrogens (primary N) is 1. The summed E-state index contributed by atoms with van der Waals surface area (Å²) in [4.78, 5) is 11.8. The average Bonchev–Trinajstić information content (AvgIpc) is 2.33. The van der Waals surface area contributed by atoms with Crippen molar-refractivity contribution in [3.8, 4) is 0 Å². The zero-order chi connectivity index (χ0) is 14.0. The molecule has 0 aliphatic rings. The highest BCUT2D eigenvalue weighted by atomic mass is 16.1. The topological polar surface area (TPSA) is 55.1 Å². The fourth-order valence-corrected chi connectivity index (χ4v) is 2.30. The first kappa shape index (κ1) is 17.4. The third kappa shape index (κ3) is 8.51. The van der Waals surface area contributed by atoms with Gasteiger partial charge in [-0.2, -0.15) is 0 Å². The standard InChI is InChI=1S/C15H32N2O/c1-5-12(3)11-13(4)17-15(18)8-7-14(6-2)9-10-16/h12-14H,5-11,16H2,1-4H3,(H,17,18). The summed E-state index contributed by atoms with van der Waals surface area (Å²) < 4.78 is 0. The van der Waals surface area contributed by atoms with Crippen LogP contribution in [0.1, 0.15) is 66.2 Å². The van der Waals surface area contributed by atoms with Crippen LogP contribution >= 0.6 is 0 Å². The van der Waals surface area contributed by atoms with Crippen molar-refractivity contribution in [2.45, 2.75) is 72.3 Å². The molecule has 0 aromatic heterocycles. The van der Waals surface area contributed by atoms with E-state index in [-0.39, 0.29) is 5.91 Å². The number of carbonyl (C=O) groups is 1. The first-order valence-electron chi connectivity index (χ1n) is 7.52. The summed E-state index contributed by atoms with van der Waals surface area (Å²) in [5, 5.41) is 3.10. The van der Waals surface area contributed by atoms with Crippen LogP contribution in [0.3, 0.4) is 0 Å². The van der Waals surface area contributed by atoms with Crippen molar-refractivity contribution in [2.75, 3.05) is 6.54 Å². The quantitative estimate of drug-likeness (QED) is 0.631. The molecule has 0 saturated carbocycles. The summed E-state index contributed by atoms with van der Waals surface area (Å²) in [6.07, 6.45) is 6.01. The maximum absolute atomic E-state index is 11.8. The lowest BCUT2D eigenvalue weighted by Gasteiger charge is -2.18. The molecule has 0 fully saturated rings. The van der Waals surface area contributed by atoms with E-state index < -0.39 is 0 Å². The molecule has 0 bridgehead atoms. The van der Waals surface area contributed by atoms with Crippen molar-refractivity contribution in [3.05, 3.63) is 0 Å². The van der Waals surface area contributed by atoms with Crippen LogP contribution in [0.25, 0.3) is 0 Å². The van der Waals surface area contributed by atoms with E-state index in [1.807, 2.05) is 0 Å². The molecule has 1 amide bonds. The Morgan fingerprint density at radius 2 is 1.83 bits per heavy atom. The van der Waals surface area contributed by atoms with E-state index in [0.717, 1.165) is 32.2 Å². The second-order valence-electron chi connectivity index (χ2n) is 5.61. The number of amides is 1. The van der Waals surface area contributed by atoms with Crippen LogP contribution in [0.2, 0.25) is 0 Å². The van der Waals surface area contributed by atoms with Gasteiger partial charge in [0.15, 0.2) is 0 Å². The Bertz CT molecular complexity index is 219. The minimum Gasteiger partial charge on any atom is -0.354 e. The van der Waals surface area contributed by atoms with Gasteiger partial charge in [-0.25, -0.2) is 0 Å². The van der Waals surface area contributed by atoms with Crippen molar-refractivity contribution >= 4 is 5.91 Å². The average molecular weight is 256 g/mol. The van der Waals surface area contributed by atoms with Crippen LogP contribution < -0.4 is 11.1 Å². The fraction of sp³-hybridized carbons (Fsp3) is 0.933. The second-order valence-corrected chi connectivity index (χ2v) is 5.61. The molecule has 3 heteroatoms. The minimum absolute atomic E-state index is 0.196. The van der Waals surface area contributed by atoms with Gasteiger partial charge >= 0.3 is 0 Å². The van der Waals surface area contributed by atoms with Gasteiger partial charge in [0.1, 0.15) is 0 Å². The molecule has 3 unspecified atom stereocenters. The predicted molar refractivity (Wildman–Crippen MR) is 78.4 cm³/mol. The molecular weight excluding hydrogens is 224 g/mol. The van der Waals surface area contributed by atoms with Crippen molar-refractivity contribution in [1.82, 2.24) is 5.32 Å². The summed E-state index contributed by atoms with van der Waals surface area (Å²) in [5.74, 6) is 1.48. The van der Waals surface area contributed by atoms with Crippen LogP contribution in [0, 0.1) is 11.8 Å². The molecule has 0 radical (unpaired) electrons. The molecule has 0 spiro atoms. The molecule has 3 atom stereocenters. The predicted octanol–water partition coefficient (Wildman–Crippen LogP) is 3.08. The Balaban J connectivity index is 3.82. The Morgan fingerprint density at radius 3 is 2.33 bits per heavy atom. The maximum atomic E-state index is 11.8. The molecule has 0 aromatic carbocycles.